The Morgan fingerprint density at radius 1 is 1.22 bits per heavy atom. The van der Waals surface area contributed by atoms with Gasteiger partial charge in [0.2, 0.25) is 10.3 Å². The second-order valence-corrected chi connectivity index (χ2v) is 10.0. The highest BCUT2D eigenvalue weighted by Gasteiger charge is 2.36. The summed E-state index contributed by atoms with van der Waals surface area (Å²) in [5.41, 5.74) is 3.64. The number of hydrogen-bond donors (Lipinski definition) is 2. The molecular formula is C23H29N7O4S2. The van der Waals surface area contributed by atoms with Crippen LogP contribution in [0.4, 0.5) is 5.13 Å². The van der Waals surface area contributed by atoms with Crippen LogP contribution < -0.4 is 10.1 Å². The van der Waals surface area contributed by atoms with Gasteiger partial charge >= 0.3 is 11.9 Å². The van der Waals surface area contributed by atoms with Crippen molar-refractivity contribution >= 4 is 56.9 Å². The highest BCUT2D eigenvalue weighted by atomic mass is 32.2. The van der Waals surface area contributed by atoms with Gasteiger partial charge in [0, 0.05) is 30.7 Å². The van der Waals surface area contributed by atoms with Crippen LogP contribution in [0.25, 0.3) is 0 Å². The Morgan fingerprint density at radius 2 is 2.00 bits per heavy atom. The first-order chi connectivity index (χ1) is 17.3. The van der Waals surface area contributed by atoms with Gasteiger partial charge in [-0.25, -0.2) is 4.98 Å². The minimum atomic E-state index is -0.511. The number of thiazole rings is 1. The lowest BCUT2D eigenvalue weighted by Gasteiger charge is -2.19. The molecule has 0 spiro atoms. The summed E-state index contributed by atoms with van der Waals surface area (Å²) in [5.74, 6) is -0.715. The molecule has 0 saturated heterocycles. The first-order valence-electron chi connectivity index (χ1n) is 11.2. The van der Waals surface area contributed by atoms with E-state index in [1.807, 2.05) is 56.5 Å². The molecule has 1 aromatic heterocycles. The van der Waals surface area contributed by atoms with E-state index >= 15 is 0 Å². The molecule has 11 nitrogen and oxygen atoms in total. The van der Waals surface area contributed by atoms with Crippen molar-refractivity contribution in [2.24, 2.45) is 15.2 Å². The molecule has 1 aromatic carbocycles. The molecule has 0 fully saturated rings. The van der Waals surface area contributed by atoms with Gasteiger partial charge in [-0.3, -0.25) is 24.7 Å². The smallest absolute Gasteiger partial charge is 0.308 e. The minimum Gasteiger partial charge on any atom is -0.460 e. The molecule has 2 heterocycles. The van der Waals surface area contributed by atoms with Crippen LogP contribution in [0.2, 0.25) is 0 Å². The highest BCUT2D eigenvalue weighted by Crippen LogP contribution is 2.19. The molecular weight excluding hydrogens is 502 g/mol. The van der Waals surface area contributed by atoms with Gasteiger partial charge in [0.25, 0.3) is 0 Å². The van der Waals surface area contributed by atoms with E-state index in [2.05, 4.69) is 30.3 Å². The standard InChI is InChI=1S/C23H29N7O4S2/c1-23(2,3)34-17(31)10-13-33-14-11-26-36-22(24-4)30-20(32)19(27-28-21-25-12-15-35-21)18(29-30)16-8-6-5-7-9-16/h5-9,12,15,26H,10-11,13-14H2,1-4H3,(H,25,28)/b24-22-,27-19+. The Hall–Kier alpha value is -3.13. The summed E-state index contributed by atoms with van der Waals surface area (Å²) in [4.78, 5) is 33.3. The molecule has 192 valence electrons. The summed E-state index contributed by atoms with van der Waals surface area (Å²) < 4.78 is 13.8. The zero-order valence-electron chi connectivity index (χ0n) is 20.6. The summed E-state index contributed by atoms with van der Waals surface area (Å²) in [6.07, 6.45) is 1.83. The molecule has 36 heavy (non-hydrogen) atoms. The van der Waals surface area contributed by atoms with Crippen LogP contribution in [0.5, 0.6) is 0 Å². The predicted molar refractivity (Wildman–Crippen MR) is 143 cm³/mol. The third kappa shape index (κ3) is 8.22. The van der Waals surface area contributed by atoms with E-state index in [-0.39, 0.29) is 24.7 Å². The van der Waals surface area contributed by atoms with Crippen molar-refractivity contribution in [3.8, 4) is 0 Å². The average molecular weight is 532 g/mol. The first-order valence-corrected chi connectivity index (χ1v) is 12.9. The molecule has 1 aliphatic rings. The van der Waals surface area contributed by atoms with E-state index < -0.39 is 11.5 Å². The van der Waals surface area contributed by atoms with Crippen molar-refractivity contribution in [3.05, 3.63) is 47.5 Å². The Balaban J connectivity index is 1.55. The van der Waals surface area contributed by atoms with Crippen LogP contribution >= 0.6 is 23.3 Å². The molecule has 2 aromatic rings. The normalized spacial score (nSPS) is 15.4. The van der Waals surface area contributed by atoms with E-state index in [4.69, 9.17) is 9.47 Å². The Bertz CT molecular complexity index is 1110. The number of carbonyl (C=O) groups is 2. The van der Waals surface area contributed by atoms with Gasteiger partial charge < -0.3 is 9.47 Å². The maximum absolute atomic E-state index is 13.2. The van der Waals surface area contributed by atoms with E-state index in [0.29, 0.717) is 29.2 Å². The van der Waals surface area contributed by atoms with Crippen molar-refractivity contribution in [3.63, 3.8) is 0 Å². The molecule has 0 saturated carbocycles. The fourth-order valence-electron chi connectivity index (χ4n) is 2.86. The first kappa shape index (κ1) is 27.5. The SMILES string of the molecule is C/N=C(\SNCCOCCC(=O)OC(C)(C)C)N1N=C(c2ccccc2)/C(=N\Nc2nccs2)C1=O. The van der Waals surface area contributed by atoms with Crippen LogP contribution in [-0.2, 0) is 19.1 Å². The number of aliphatic imine (C=N–C) groups is 1. The number of hydrogen-bond acceptors (Lipinski definition) is 12. The monoisotopic (exact) mass is 531 g/mol. The topological polar surface area (TPSA) is 130 Å². The Kier molecular flexibility index (Phi) is 10.1. The second-order valence-electron chi connectivity index (χ2n) is 8.29. The molecule has 13 heteroatoms. The lowest BCUT2D eigenvalue weighted by Crippen LogP contribution is -2.33. The summed E-state index contributed by atoms with van der Waals surface area (Å²) in [6, 6.07) is 9.34. The number of nitrogens with zero attached hydrogens (tertiary/aromatic N) is 5. The number of aromatic nitrogens is 1. The lowest BCUT2D eigenvalue weighted by molar-refractivity contribution is -0.156. The maximum atomic E-state index is 13.2. The third-order valence-corrected chi connectivity index (χ3v) is 5.88. The van der Waals surface area contributed by atoms with E-state index in [0.717, 1.165) is 17.5 Å². The molecule has 1 aliphatic heterocycles. The van der Waals surface area contributed by atoms with E-state index in [1.165, 1.54) is 16.3 Å². The fraction of sp³-hybridized carbons (Fsp3) is 0.391. The quantitative estimate of drug-likeness (QED) is 0.119. The van der Waals surface area contributed by atoms with Crippen LogP contribution in [-0.4, -0.2) is 70.9 Å². The maximum Gasteiger partial charge on any atom is 0.308 e. The van der Waals surface area contributed by atoms with E-state index in [1.54, 1.807) is 13.2 Å². The van der Waals surface area contributed by atoms with E-state index in [9.17, 15) is 9.59 Å². The van der Waals surface area contributed by atoms with Crippen molar-refractivity contribution in [1.82, 2.24) is 14.7 Å². The van der Waals surface area contributed by atoms with Gasteiger partial charge in [-0.05, 0) is 32.7 Å². The molecule has 0 bridgehead atoms. The number of anilines is 1. The minimum absolute atomic E-state index is 0.156. The van der Waals surface area contributed by atoms with Crippen LogP contribution in [0, 0.1) is 0 Å². The Labute approximate surface area is 218 Å². The summed E-state index contributed by atoms with van der Waals surface area (Å²) in [6.45, 7) is 6.56. The number of nitrogens with one attached hydrogen (secondary N) is 2. The molecule has 2 N–H and O–H groups in total. The number of esters is 1. The number of carbonyl (C=O) groups excluding carboxylic acids is 2. The number of hydrazone groups is 2. The number of amidine groups is 1. The van der Waals surface area contributed by atoms with Gasteiger partial charge in [0.15, 0.2) is 5.71 Å². The number of amides is 1. The van der Waals surface area contributed by atoms with Gasteiger partial charge in [-0.1, -0.05) is 30.3 Å². The van der Waals surface area contributed by atoms with Crippen LogP contribution in [0.15, 0.2) is 57.1 Å². The van der Waals surface area contributed by atoms with Crippen LogP contribution in [0.1, 0.15) is 32.8 Å². The molecule has 0 radical (unpaired) electrons. The van der Waals surface area contributed by atoms with Crippen molar-refractivity contribution in [2.45, 2.75) is 32.8 Å². The Morgan fingerprint density at radius 3 is 2.67 bits per heavy atom. The summed E-state index contributed by atoms with van der Waals surface area (Å²) in [7, 11) is 1.58. The second kappa shape index (κ2) is 13.3. The van der Waals surface area contributed by atoms with Crippen LogP contribution in [0.3, 0.4) is 0 Å². The molecule has 3 rings (SSSR count). The van der Waals surface area contributed by atoms with Crippen molar-refractivity contribution < 1.29 is 19.1 Å². The molecule has 0 unspecified atom stereocenters. The van der Waals surface area contributed by atoms with Gasteiger partial charge in [0.05, 0.1) is 19.6 Å². The zero-order chi connectivity index (χ0) is 26.0. The van der Waals surface area contributed by atoms with Crippen molar-refractivity contribution in [2.75, 3.05) is 32.2 Å². The largest absolute Gasteiger partial charge is 0.460 e. The number of benzene rings is 1. The van der Waals surface area contributed by atoms with Gasteiger partial charge in [-0.15, -0.1) is 11.3 Å². The molecule has 0 aliphatic carbocycles. The van der Waals surface area contributed by atoms with Gasteiger partial charge in [-0.2, -0.15) is 15.2 Å². The zero-order valence-corrected chi connectivity index (χ0v) is 22.2. The highest BCUT2D eigenvalue weighted by molar-refractivity contribution is 8.12. The number of rotatable bonds is 10. The van der Waals surface area contributed by atoms with Gasteiger partial charge in [0.1, 0.15) is 11.3 Å². The third-order valence-electron chi connectivity index (χ3n) is 4.32. The molecule has 0 atom stereocenters. The lowest BCUT2D eigenvalue weighted by atomic mass is 10.1. The average Bonchev–Trinajstić information content (AvgIpc) is 3.47. The summed E-state index contributed by atoms with van der Waals surface area (Å²) >= 11 is 2.52. The molecule has 1 amide bonds. The summed E-state index contributed by atoms with van der Waals surface area (Å²) in [5, 5.41) is 12.7. The predicted octanol–water partition coefficient (Wildman–Crippen LogP) is 3.13. The fourth-order valence-corrected chi connectivity index (χ4v) is 3.95. The van der Waals surface area contributed by atoms with Crippen molar-refractivity contribution in [1.29, 1.82) is 0 Å². The number of ether oxygens (including phenoxy) is 2.